The maximum atomic E-state index is 13.2. The highest BCUT2D eigenvalue weighted by molar-refractivity contribution is 5.81. The van der Waals surface area contributed by atoms with Gasteiger partial charge in [-0.2, -0.15) is 0 Å². The van der Waals surface area contributed by atoms with Crippen molar-refractivity contribution in [2.24, 2.45) is 11.8 Å². The minimum absolute atomic E-state index is 0.0340. The number of esters is 1. The quantitative estimate of drug-likeness (QED) is 0.675. The van der Waals surface area contributed by atoms with E-state index in [0.717, 1.165) is 49.6 Å². The zero-order valence-electron chi connectivity index (χ0n) is 15.2. The Bertz CT molecular complexity index is 617. The standard InChI is InChI=1S/C21H30NO3/c1-22-13-11-16(12-14-22)19(15-22)25-20(23)21(24,18-9-5-6-10-18)17-7-3-2-4-8-17/h2-4,7-8,16,18-19,24H,5-6,9-15H2,1H3/q+1. The van der Waals surface area contributed by atoms with Crippen molar-refractivity contribution in [2.45, 2.75) is 50.2 Å². The molecule has 4 heteroatoms. The van der Waals surface area contributed by atoms with Crippen LogP contribution in [0.25, 0.3) is 0 Å². The van der Waals surface area contributed by atoms with Crippen LogP contribution in [0.15, 0.2) is 30.3 Å². The number of ether oxygens (including phenoxy) is 1. The minimum atomic E-state index is -1.50. The summed E-state index contributed by atoms with van der Waals surface area (Å²) >= 11 is 0. The summed E-state index contributed by atoms with van der Waals surface area (Å²) in [6.07, 6.45) is 6.15. The SMILES string of the molecule is C[N+]12CCC(CC1)C(OC(=O)C(O)(c1ccccc1)C1CCCC1)C2. The normalized spacial score (nSPS) is 34.6. The lowest BCUT2D eigenvalue weighted by molar-refractivity contribution is -0.928. The average molecular weight is 344 g/mol. The van der Waals surface area contributed by atoms with Crippen LogP contribution in [-0.4, -0.2) is 48.3 Å². The smallest absolute Gasteiger partial charge is 0.343 e. The van der Waals surface area contributed by atoms with Gasteiger partial charge in [0.25, 0.3) is 0 Å². The first-order valence-electron chi connectivity index (χ1n) is 9.84. The maximum absolute atomic E-state index is 13.2. The van der Waals surface area contributed by atoms with Crippen LogP contribution in [-0.2, 0) is 15.1 Å². The number of likely N-dealkylation sites (N-methyl/N-ethyl adjacent to an activating group) is 1. The molecule has 25 heavy (non-hydrogen) atoms. The van der Waals surface area contributed by atoms with E-state index in [9.17, 15) is 9.90 Å². The predicted molar refractivity (Wildman–Crippen MR) is 95.7 cm³/mol. The minimum Gasteiger partial charge on any atom is -0.454 e. The van der Waals surface area contributed by atoms with Crippen LogP contribution in [0.3, 0.4) is 0 Å². The van der Waals surface area contributed by atoms with Crippen LogP contribution in [0.5, 0.6) is 0 Å². The molecule has 2 bridgehead atoms. The number of rotatable bonds is 4. The fourth-order valence-electron chi connectivity index (χ4n) is 5.27. The summed E-state index contributed by atoms with van der Waals surface area (Å²) in [5.41, 5.74) is -0.809. The van der Waals surface area contributed by atoms with E-state index in [4.69, 9.17) is 4.74 Å². The van der Waals surface area contributed by atoms with Gasteiger partial charge in [-0.05, 0) is 18.4 Å². The van der Waals surface area contributed by atoms with Crippen LogP contribution < -0.4 is 0 Å². The number of benzene rings is 1. The van der Waals surface area contributed by atoms with Crippen molar-refractivity contribution in [3.63, 3.8) is 0 Å². The van der Waals surface area contributed by atoms with Gasteiger partial charge >= 0.3 is 5.97 Å². The van der Waals surface area contributed by atoms with Gasteiger partial charge in [0.05, 0.1) is 20.1 Å². The number of quaternary nitrogens is 1. The third-order valence-electron chi connectivity index (χ3n) is 6.96. The summed E-state index contributed by atoms with van der Waals surface area (Å²) in [6.45, 7) is 3.26. The number of carbonyl (C=O) groups is 1. The van der Waals surface area contributed by atoms with Gasteiger partial charge in [0.15, 0.2) is 11.7 Å². The molecule has 4 aliphatic rings. The predicted octanol–water partition coefficient (Wildman–Crippen LogP) is 2.85. The van der Waals surface area contributed by atoms with Gasteiger partial charge in [-0.3, -0.25) is 0 Å². The number of carbonyl (C=O) groups excluding carboxylic acids is 1. The monoisotopic (exact) mass is 344 g/mol. The van der Waals surface area contributed by atoms with Crippen molar-refractivity contribution in [2.75, 3.05) is 26.7 Å². The Morgan fingerprint density at radius 1 is 1.12 bits per heavy atom. The number of hydrogen-bond acceptors (Lipinski definition) is 3. The Hall–Kier alpha value is -1.39. The molecule has 3 heterocycles. The van der Waals surface area contributed by atoms with E-state index >= 15 is 0 Å². The Labute approximate surface area is 150 Å². The van der Waals surface area contributed by atoms with Crippen LogP contribution in [0, 0.1) is 11.8 Å². The summed E-state index contributed by atoms with van der Waals surface area (Å²) in [6, 6.07) is 9.43. The Kier molecular flexibility index (Phi) is 4.37. The lowest BCUT2D eigenvalue weighted by atomic mass is 9.79. The molecule has 1 aromatic rings. The summed E-state index contributed by atoms with van der Waals surface area (Å²) < 4.78 is 7.02. The molecule has 4 nitrogen and oxygen atoms in total. The molecular weight excluding hydrogens is 314 g/mol. The van der Waals surface area contributed by atoms with Crippen molar-refractivity contribution in [3.05, 3.63) is 35.9 Å². The van der Waals surface area contributed by atoms with Gasteiger partial charge in [-0.25, -0.2) is 4.79 Å². The van der Waals surface area contributed by atoms with Crippen molar-refractivity contribution >= 4 is 5.97 Å². The lowest BCUT2D eigenvalue weighted by Crippen LogP contribution is -2.63. The molecule has 4 fully saturated rings. The Morgan fingerprint density at radius 2 is 1.76 bits per heavy atom. The third kappa shape index (κ3) is 3.00. The van der Waals surface area contributed by atoms with E-state index in [-0.39, 0.29) is 12.0 Å². The summed E-state index contributed by atoms with van der Waals surface area (Å²) in [5, 5.41) is 11.5. The number of hydrogen-bond donors (Lipinski definition) is 1. The molecule has 136 valence electrons. The first-order chi connectivity index (χ1) is 12.0. The fourth-order valence-corrected chi connectivity index (χ4v) is 5.27. The second kappa shape index (κ2) is 6.40. The zero-order valence-corrected chi connectivity index (χ0v) is 15.2. The first kappa shape index (κ1) is 17.0. The fraction of sp³-hybridized carbons (Fsp3) is 0.667. The van der Waals surface area contributed by atoms with E-state index in [1.165, 1.54) is 13.1 Å². The highest BCUT2D eigenvalue weighted by Gasteiger charge is 2.51. The van der Waals surface area contributed by atoms with Crippen molar-refractivity contribution in [3.8, 4) is 0 Å². The number of piperidine rings is 3. The van der Waals surface area contributed by atoms with Crippen molar-refractivity contribution in [1.82, 2.24) is 0 Å². The van der Waals surface area contributed by atoms with Gasteiger partial charge in [-0.1, -0.05) is 43.2 Å². The molecule has 3 aliphatic heterocycles. The summed E-state index contributed by atoms with van der Waals surface area (Å²) in [5.74, 6) is 0.0108. The first-order valence-corrected chi connectivity index (χ1v) is 9.84. The van der Waals surface area contributed by atoms with Gasteiger partial charge in [-0.15, -0.1) is 0 Å². The molecule has 3 saturated heterocycles. The number of nitrogens with zero attached hydrogens (tertiary/aromatic N) is 1. The number of fused-ring (bicyclic) bond motifs is 3. The molecule has 5 rings (SSSR count). The van der Waals surface area contributed by atoms with E-state index < -0.39 is 11.6 Å². The van der Waals surface area contributed by atoms with E-state index in [1.54, 1.807) is 0 Å². The van der Waals surface area contributed by atoms with Crippen LogP contribution in [0.2, 0.25) is 0 Å². The molecule has 0 aromatic heterocycles. The molecule has 1 aromatic carbocycles. The summed E-state index contributed by atoms with van der Waals surface area (Å²) in [7, 11) is 2.26. The van der Waals surface area contributed by atoms with Crippen molar-refractivity contribution < 1.29 is 19.1 Å². The topological polar surface area (TPSA) is 46.5 Å². The lowest BCUT2D eigenvalue weighted by Gasteiger charge is -2.50. The Morgan fingerprint density at radius 3 is 2.36 bits per heavy atom. The van der Waals surface area contributed by atoms with Crippen molar-refractivity contribution in [1.29, 1.82) is 0 Å². The third-order valence-corrected chi connectivity index (χ3v) is 6.96. The van der Waals surface area contributed by atoms with Crippen LogP contribution >= 0.6 is 0 Å². The van der Waals surface area contributed by atoms with Gasteiger partial charge in [0, 0.05) is 24.7 Å². The number of aliphatic hydroxyl groups is 1. The molecule has 1 saturated carbocycles. The molecular formula is C21H30NO3+. The average Bonchev–Trinajstić information content (AvgIpc) is 3.17. The highest BCUT2D eigenvalue weighted by atomic mass is 16.6. The van der Waals surface area contributed by atoms with Gasteiger partial charge in [0.2, 0.25) is 0 Å². The zero-order chi connectivity index (χ0) is 17.5. The maximum Gasteiger partial charge on any atom is 0.343 e. The van der Waals surface area contributed by atoms with E-state index in [1.807, 2.05) is 30.3 Å². The van der Waals surface area contributed by atoms with Gasteiger partial charge < -0.3 is 14.3 Å². The molecule has 2 atom stereocenters. The second-order valence-electron chi connectivity index (χ2n) is 8.64. The molecule has 1 N–H and O–H groups in total. The van der Waals surface area contributed by atoms with Crippen LogP contribution in [0.1, 0.15) is 44.1 Å². The molecule has 0 amide bonds. The molecule has 1 aliphatic carbocycles. The van der Waals surface area contributed by atoms with E-state index in [2.05, 4.69) is 7.05 Å². The molecule has 0 radical (unpaired) electrons. The van der Waals surface area contributed by atoms with Crippen LogP contribution in [0.4, 0.5) is 0 Å². The largest absolute Gasteiger partial charge is 0.454 e. The Balaban J connectivity index is 1.58. The highest BCUT2D eigenvalue weighted by Crippen LogP contribution is 2.43. The van der Waals surface area contributed by atoms with Gasteiger partial charge in [0.1, 0.15) is 6.54 Å². The van der Waals surface area contributed by atoms with E-state index in [0.29, 0.717) is 11.5 Å². The molecule has 2 unspecified atom stereocenters. The molecule has 0 spiro atoms. The summed E-state index contributed by atoms with van der Waals surface area (Å²) in [4.78, 5) is 13.2. The second-order valence-corrected chi connectivity index (χ2v) is 8.64.